The Morgan fingerprint density at radius 1 is 1.10 bits per heavy atom. The van der Waals surface area contributed by atoms with E-state index in [1.165, 1.54) is 22.7 Å². The molecule has 0 spiro atoms. The number of carbonyl (C=O) groups is 1. The van der Waals surface area contributed by atoms with Crippen molar-refractivity contribution in [2.75, 3.05) is 31.1 Å². The predicted octanol–water partition coefficient (Wildman–Crippen LogP) is 4.44. The topological polar surface area (TPSA) is 49.3 Å². The molecule has 0 N–H and O–H groups in total. The third-order valence-corrected chi connectivity index (χ3v) is 6.12. The molecule has 0 aliphatic carbocycles. The minimum absolute atomic E-state index is 0.0340. The lowest BCUT2D eigenvalue weighted by atomic mass is 10.1. The SMILES string of the molecule is Cc1ccc(Cc2nsc(N3CCCN(C(=O)c4cccc(Cl)c4)CC3)n2)cc1. The highest BCUT2D eigenvalue weighted by atomic mass is 35.5. The standard InChI is InChI=1S/C22H23ClN4OS/c1-16-6-8-17(9-7-16)14-20-24-22(29-25-20)27-11-3-10-26(12-13-27)21(28)18-4-2-5-19(23)15-18/h2,4-9,15H,3,10-14H2,1H3. The minimum Gasteiger partial charge on any atom is -0.345 e. The molecule has 4 rings (SSSR count). The molecular formula is C22H23ClN4OS. The minimum atomic E-state index is 0.0340. The molecule has 1 fully saturated rings. The van der Waals surface area contributed by atoms with Crippen LogP contribution in [0.2, 0.25) is 5.02 Å². The van der Waals surface area contributed by atoms with E-state index in [0.29, 0.717) is 17.1 Å². The average Bonchev–Trinajstić information content (AvgIpc) is 3.04. The number of aryl methyl sites for hydroxylation is 1. The molecule has 7 heteroatoms. The molecule has 0 bridgehead atoms. The summed E-state index contributed by atoms with van der Waals surface area (Å²) in [4.78, 5) is 21.7. The van der Waals surface area contributed by atoms with Crippen molar-refractivity contribution in [2.45, 2.75) is 19.8 Å². The average molecular weight is 427 g/mol. The van der Waals surface area contributed by atoms with E-state index < -0.39 is 0 Å². The molecule has 2 heterocycles. The zero-order valence-corrected chi connectivity index (χ0v) is 17.9. The Morgan fingerprint density at radius 3 is 2.72 bits per heavy atom. The Bertz CT molecular complexity index is 988. The number of rotatable bonds is 4. The summed E-state index contributed by atoms with van der Waals surface area (Å²) in [6, 6.07) is 15.6. The van der Waals surface area contributed by atoms with Gasteiger partial charge in [0.05, 0.1) is 0 Å². The van der Waals surface area contributed by atoms with Gasteiger partial charge in [0, 0.05) is 54.7 Å². The van der Waals surface area contributed by atoms with Crippen LogP contribution in [-0.2, 0) is 6.42 Å². The van der Waals surface area contributed by atoms with Crippen LogP contribution in [0.4, 0.5) is 5.13 Å². The normalized spacial score (nSPS) is 14.7. The van der Waals surface area contributed by atoms with Gasteiger partial charge in [-0.3, -0.25) is 4.79 Å². The van der Waals surface area contributed by atoms with Gasteiger partial charge in [-0.1, -0.05) is 47.5 Å². The van der Waals surface area contributed by atoms with Gasteiger partial charge in [-0.2, -0.15) is 4.37 Å². The van der Waals surface area contributed by atoms with Crippen molar-refractivity contribution in [1.82, 2.24) is 14.3 Å². The second-order valence-electron chi connectivity index (χ2n) is 7.30. The van der Waals surface area contributed by atoms with Gasteiger partial charge in [-0.15, -0.1) is 0 Å². The number of anilines is 1. The van der Waals surface area contributed by atoms with Crippen molar-refractivity contribution >= 4 is 34.2 Å². The van der Waals surface area contributed by atoms with Gasteiger partial charge in [-0.25, -0.2) is 4.98 Å². The van der Waals surface area contributed by atoms with Gasteiger partial charge in [0.25, 0.3) is 5.91 Å². The number of hydrogen-bond acceptors (Lipinski definition) is 5. The van der Waals surface area contributed by atoms with E-state index in [9.17, 15) is 4.79 Å². The van der Waals surface area contributed by atoms with E-state index in [4.69, 9.17) is 16.6 Å². The van der Waals surface area contributed by atoms with E-state index in [0.717, 1.165) is 43.4 Å². The summed E-state index contributed by atoms with van der Waals surface area (Å²) in [7, 11) is 0. The van der Waals surface area contributed by atoms with Crippen LogP contribution in [0.3, 0.4) is 0 Å². The molecule has 150 valence electrons. The van der Waals surface area contributed by atoms with Crippen molar-refractivity contribution < 1.29 is 4.79 Å². The summed E-state index contributed by atoms with van der Waals surface area (Å²) < 4.78 is 4.54. The van der Waals surface area contributed by atoms with Crippen LogP contribution in [0.15, 0.2) is 48.5 Å². The van der Waals surface area contributed by atoms with E-state index in [1.807, 2.05) is 17.0 Å². The Hall–Kier alpha value is -2.44. The van der Waals surface area contributed by atoms with Crippen molar-refractivity contribution in [3.05, 3.63) is 76.1 Å². The molecule has 0 unspecified atom stereocenters. The summed E-state index contributed by atoms with van der Waals surface area (Å²) in [5.41, 5.74) is 3.11. The van der Waals surface area contributed by atoms with Gasteiger partial charge in [-0.05, 0) is 37.1 Å². The first-order valence-electron chi connectivity index (χ1n) is 9.76. The lowest BCUT2D eigenvalue weighted by Crippen LogP contribution is -2.35. The van der Waals surface area contributed by atoms with Gasteiger partial charge in [0.1, 0.15) is 5.82 Å². The molecule has 1 saturated heterocycles. The van der Waals surface area contributed by atoms with E-state index in [-0.39, 0.29) is 5.91 Å². The van der Waals surface area contributed by atoms with Crippen molar-refractivity contribution in [3.8, 4) is 0 Å². The number of aromatic nitrogens is 2. The summed E-state index contributed by atoms with van der Waals surface area (Å²) in [6.45, 7) is 5.11. The van der Waals surface area contributed by atoms with Crippen LogP contribution < -0.4 is 4.90 Å². The molecule has 1 amide bonds. The number of benzene rings is 2. The van der Waals surface area contributed by atoms with Gasteiger partial charge in [0.15, 0.2) is 0 Å². The van der Waals surface area contributed by atoms with Crippen LogP contribution in [0.1, 0.15) is 33.7 Å². The number of nitrogens with zero attached hydrogens (tertiary/aromatic N) is 4. The number of halogens is 1. The highest BCUT2D eigenvalue weighted by Gasteiger charge is 2.22. The zero-order valence-electron chi connectivity index (χ0n) is 16.3. The quantitative estimate of drug-likeness (QED) is 0.618. The number of hydrogen-bond donors (Lipinski definition) is 0. The molecule has 29 heavy (non-hydrogen) atoms. The first kappa shape index (κ1) is 19.9. The Labute approximate surface area is 180 Å². The Balaban J connectivity index is 1.39. The fourth-order valence-electron chi connectivity index (χ4n) is 3.45. The number of carbonyl (C=O) groups excluding carboxylic acids is 1. The fourth-order valence-corrected chi connectivity index (χ4v) is 4.38. The van der Waals surface area contributed by atoms with Crippen LogP contribution in [0.25, 0.3) is 0 Å². The van der Waals surface area contributed by atoms with E-state index in [1.54, 1.807) is 12.1 Å². The van der Waals surface area contributed by atoms with Crippen molar-refractivity contribution in [1.29, 1.82) is 0 Å². The highest BCUT2D eigenvalue weighted by Crippen LogP contribution is 2.21. The monoisotopic (exact) mass is 426 g/mol. The molecule has 1 aliphatic rings. The molecule has 1 aromatic heterocycles. The molecule has 2 aromatic carbocycles. The van der Waals surface area contributed by atoms with Gasteiger partial charge < -0.3 is 9.80 Å². The van der Waals surface area contributed by atoms with E-state index >= 15 is 0 Å². The van der Waals surface area contributed by atoms with Crippen LogP contribution in [0.5, 0.6) is 0 Å². The van der Waals surface area contributed by atoms with Crippen molar-refractivity contribution in [2.24, 2.45) is 0 Å². The third-order valence-electron chi connectivity index (χ3n) is 5.07. The van der Waals surface area contributed by atoms with E-state index in [2.05, 4.69) is 40.5 Å². The summed E-state index contributed by atoms with van der Waals surface area (Å²) in [5, 5.41) is 1.52. The van der Waals surface area contributed by atoms with Crippen LogP contribution >= 0.6 is 23.1 Å². The fraction of sp³-hybridized carbons (Fsp3) is 0.318. The van der Waals surface area contributed by atoms with Gasteiger partial charge >= 0.3 is 0 Å². The highest BCUT2D eigenvalue weighted by molar-refractivity contribution is 7.09. The van der Waals surface area contributed by atoms with Gasteiger partial charge in [0.2, 0.25) is 5.13 Å². The lowest BCUT2D eigenvalue weighted by Gasteiger charge is -2.21. The largest absolute Gasteiger partial charge is 0.345 e. The second-order valence-corrected chi connectivity index (χ2v) is 8.47. The Kier molecular flexibility index (Phi) is 6.11. The lowest BCUT2D eigenvalue weighted by molar-refractivity contribution is 0.0767. The third kappa shape index (κ3) is 4.95. The predicted molar refractivity (Wildman–Crippen MR) is 118 cm³/mol. The molecule has 0 radical (unpaired) electrons. The smallest absolute Gasteiger partial charge is 0.253 e. The zero-order chi connectivity index (χ0) is 20.2. The first-order valence-corrected chi connectivity index (χ1v) is 10.9. The van der Waals surface area contributed by atoms with Crippen LogP contribution in [0, 0.1) is 6.92 Å². The number of amides is 1. The van der Waals surface area contributed by atoms with Crippen molar-refractivity contribution in [3.63, 3.8) is 0 Å². The Morgan fingerprint density at radius 2 is 1.93 bits per heavy atom. The molecule has 0 atom stereocenters. The molecule has 1 aliphatic heterocycles. The summed E-state index contributed by atoms with van der Waals surface area (Å²) >= 11 is 7.48. The van der Waals surface area contributed by atoms with Crippen LogP contribution in [-0.4, -0.2) is 46.3 Å². The summed E-state index contributed by atoms with van der Waals surface area (Å²) in [5.74, 6) is 0.886. The maximum absolute atomic E-state index is 12.8. The maximum Gasteiger partial charge on any atom is 0.253 e. The molecule has 0 saturated carbocycles. The molecular weight excluding hydrogens is 404 g/mol. The first-order chi connectivity index (χ1) is 14.1. The molecule has 5 nitrogen and oxygen atoms in total. The summed E-state index contributed by atoms with van der Waals surface area (Å²) in [6.07, 6.45) is 1.64. The second kappa shape index (κ2) is 8.93. The molecule has 3 aromatic rings. The maximum atomic E-state index is 12.8.